The lowest BCUT2D eigenvalue weighted by Gasteiger charge is -2.21. The monoisotopic (exact) mass is 285 g/mol. The van der Waals surface area contributed by atoms with E-state index in [1.807, 2.05) is 18.3 Å². The van der Waals surface area contributed by atoms with E-state index in [-0.39, 0.29) is 0 Å². The molecule has 2 aromatic rings. The molecule has 0 spiro atoms. The molecule has 0 bridgehead atoms. The standard InChI is InChI=1S/C17H23N3O/c1-4-20(5-2)16-9-7-15(8-10-16)18-12-14-6-11-17(21-3)19-13-14/h6-11,13,18H,4-5,12H2,1-3H3. The number of rotatable bonds is 7. The Labute approximate surface area is 126 Å². The van der Waals surface area contributed by atoms with Gasteiger partial charge in [-0.25, -0.2) is 4.98 Å². The number of pyridine rings is 1. The van der Waals surface area contributed by atoms with E-state index in [9.17, 15) is 0 Å². The fourth-order valence-electron chi connectivity index (χ4n) is 2.22. The average Bonchev–Trinajstić information content (AvgIpc) is 2.55. The molecule has 0 radical (unpaired) electrons. The van der Waals surface area contributed by atoms with Gasteiger partial charge in [0, 0.05) is 43.3 Å². The Morgan fingerprint density at radius 2 is 1.76 bits per heavy atom. The number of ether oxygens (including phenoxy) is 1. The minimum absolute atomic E-state index is 0.641. The van der Waals surface area contributed by atoms with Crippen LogP contribution in [0, 0.1) is 0 Å². The number of anilines is 2. The molecule has 1 aromatic carbocycles. The van der Waals surface area contributed by atoms with Crippen molar-refractivity contribution in [2.75, 3.05) is 30.4 Å². The molecule has 4 nitrogen and oxygen atoms in total. The topological polar surface area (TPSA) is 37.4 Å². The Hall–Kier alpha value is -2.23. The molecule has 112 valence electrons. The van der Waals surface area contributed by atoms with Crippen molar-refractivity contribution in [1.82, 2.24) is 4.98 Å². The van der Waals surface area contributed by atoms with E-state index in [4.69, 9.17) is 4.74 Å². The van der Waals surface area contributed by atoms with Crippen molar-refractivity contribution < 1.29 is 4.74 Å². The molecule has 2 rings (SSSR count). The van der Waals surface area contributed by atoms with Crippen molar-refractivity contribution in [2.24, 2.45) is 0 Å². The first-order valence-corrected chi connectivity index (χ1v) is 7.34. The third kappa shape index (κ3) is 4.12. The zero-order chi connectivity index (χ0) is 15.1. The second-order valence-corrected chi connectivity index (χ2v) is 4.78. The Kier molecular flexibility index (Phi) is 5.43. The first kappa shape index (κ1) is 15.2. The van der Waals surface area contributed by atoms with Gasteiger partial charge in [0.1, 0.15) is 0 Å². The summed E-state index contributed by atoms with van der Waals surface area (Å²) in [6, 6.07) is 12.4. The second kappa shape index (κ2) is 7.53. The molecule has 0 amide bonds. The van der Waals surface area contributed by atoms with Crippen LogP contribution in [0.3, 0.4) is 0 Å². The number of aromatic nitrogens is 1. The van der Waals surface area contributed by atoms with Crippen LogP contribution in [0.1, 0.15) is 19.4 Å². The van der Waals surface area contributed by atoms with Gasteiger partial charge < -0.3 is 15.0 Å². The van der Waals surface area contributed by atoms with Gasteiger partial charge in [0.15, 0.2) is 0 Å². The zero-order valence-electron chi connectivity index (χ0n) is 13.0. The summed E-state index contributed by atoms with van der Waals surface area (Å²) in [7, 11) is 1.62. The molecule has 1 heterocycles. The molecule has 0 saturated carbocycles. The summed E-state index contributed by atoms with van der Waals surface area (Å²) in [6.07, 6.45) is 1.83. The van der Waals surface area contributed by atoms with Crippen LogP contribution in [0.15, 0.2) is 42.6 Å². The third-order valence-electron chi connectivity index (χ3n) is 3.50. The summed E-state index contributed by atoms with van der Waals surface area (Å²) in [4.78, 5) is 6.53. The van der Waals surface area contributed by atoms with E-state index >= 15 is 0 Å². The Bertz CT molecular complexity index is 533. The van der Waals surface area contributed by atoms with Crippen LogP contribution in [0.4, 0.5) is 11.4 Å². The van der Waals surface area contributed by atoms with Crippen molar-refractivity contribution in [3.8, 4) is 5.88 Å². The van der Waals surface area contributed by atoms with Crippen molar-refractivity contribution in [1.29, 1.82) is 0 Å². The fourth-order valence-corrected chi connectivity index (χ4v) is 2.22. The maximum Gasteiger partial charge on any atom is 0.212 e. The molecule has 1 aromatic heterocycles. The third-order valence-corrected chi connectivity index (χ3v) is 3.50. The molecule has 0 aliphatic carbocycles. The summed E-state index contributed by atoms with van der Waals surface area (Å²) in [5.74, 6) is 0.641. The van der Waals surface area contributed by atoms with Gasteiger partial charge in [0.25, 0.3) is 0 Å². The predicted molar refractivity (Wildman–Crippen MR) is 88.1 cm³/mol. The summed E-state index contributed by atoms with van der Waals surface area (Å²) in [6.45, 7) is 7.15. The summed E-state index contributed by atoms with van der Waals surface area (Å²) >= 11 is 0. The highest BCUT2D eigenvalue weighted by molar-refractivity contribution is 5.55. The fraction of sp³-hybridized carbons (Fsp3) is 0.353. The molecule has 0 fully saturated rings. The Balaban J connectivity index is 1.93. The average molecular weight is 285 g/mol. The van der Waals surface area contributed by atoms with Gasteiger partial charge in [0.2, 0.25) is 5.88 Å². The number of methoxy groups -OCH3 is 1. The quantitative estimate of drug-likeness (QED) is 0.844. The number of nitrogens with zero attached hydrogens (tertiary/aromatic N) is 2. The van der Waals surface area contributed by atoms with Crippen LogP contribution in [0.25, 0.3) is 0 Å². The minimum Gasteiger partial charge on any atom is -0.481 e. The predicted octanol–water partition coefficient (Wildman–Crippen LogP) is 3.55. The smallest absolute Gasteiger partial charge is 0.212 e. The van der Waals surface area contributed by atoms with E-state index in [0.29, 0.717) is 5.88 Å². The number of hydrogen-bond acceptors (Lipinski definition) is 4. The van der Waals surface area contributed by atoms with Crippen molar-refractivity contribution in [2.45, 2.75) is 20.4 Å². The zero-order valence-corrected chi connectivity index (χ0v) is 13.0. The van der Waals surface area contributed by atoms with Gasteiger partial charge in [-0.15, -0.1) is 0 Å². The maximum atomic E-state index is 5.05. The Morgan fingerprint density at radius 3 is 2.29 bits per heavy atom. The SMILES string of the molecule is CCN(CC)c1ccc(NCc2ccc(OC)nc2)cc1. The van der Waals surface area contributed by atoms with Gasteiger partial charge in [-0.2, -0.15) is 0 Å². The molecule has 0 aliphatic rings. The Morgan fingerprint density at radius 1 is 1.05 bits per heavy atom. The van der Waals surface area contributed by atoms with Gasteiger partial charge in [-0.3, -0.25) is 0 Å². The molecule has 4 heteroatoms. The lowest BCUT2D eigenvalue weighted by molar-refractivity contribution is 0.397. The summed E-state index contributed by atoms with van der Waals surface area (Å²) in [5, 5.41) is 3.40. The first-order valence-electron chi connectivity index (χ1n) is 7.34. The molecular formula is C17H23N3O. The number of benzene rings is 1. The van der Waals surface area contributed by atoms with Gasteiger partial charge in [0.05, 0.1) is 7.11 Å². The first-order chi connectivity index (χ1) is 10.3. The number of hydrogen-bond donors (Lipinski definition) is 1. The van der Waals surface area contributed by atoms with Gasteiger partial charge in [-0.1, -0.05) is 6.07 Å². The molecule has 21 heavy (non-hydrogen) atoms. The highest BCUT2D eigenvalue weighted by atomic mass is 16.5. The van der Waals surface area contributed by atoms with Crippen molar-refractivity contribution >= 4 is 11.4 Å². The molecule has 0 aliphatic heterocycles. The van der Waals surface area contributed by atoms with Crippen LogP contribution in [0.5, 0.6) is 5.88 Å². The highest BCUT2D eigenvalue weighted by Gasteiger charge is 2.01. The molecular weight excluding hydrogens is 262 g/mol. The largest absolute Gasteiger partial charge is 0.481 e. The normalized spacial score (nSPS) is 10.2. The van der Waals surface area contributed by atoms with Crippen LogP contribution >= 0.6 is 0 Å². The maximum absolute atomic E-state index is 5.05. The van der Waals surface area contributed by atoms with E-state index in [2.05, 4.69) is 53.3 Å². The van der Waals surface area contributed by atoms with Crippen molar-refractivity contribution in [3.63, 3.8) is 0 Å². The molecule has 0 saturated heterocycles. The lowest BCUT2D eigenvalue weighted by atomic mass is 10.2. The molecule has 1 N–H and O–H groups in total. The highest BCUT2D eigenvalue weighted by Crippen LogP contribution is 2.18. The summed E-state index contributed by atoms with van der Waals surface area (Å²) < 4.78 is 5.05. The van der Waals surface area contributed by atoms with E-state index in [0.717, 1.165) is 30.9 Å². The minimum atomic E-state index is 0.641. The number of nitrogens with one attached hydrogen (secondary N) is 1. The summed E-state index contributed by atoms with van der Waals surface area (Å²) in [5.41, 5.74) is 3.50. The second-order valence-electron chi connectivity index (χ2n) is 4.78. The van der Waals surface area contributed by atoms with E-state index in [1.54, 1.807) is 7.11 Å². The van der Waals surface area contributed by atoms with Crippen LogP contribution < -0.4 is 15.0 Å². The molecule has 0 atom stereocenters. The van der Waals surface area contributed by atoms with Gasteiger partial charge in [-0.05, 0) is 43.7 Å². The van der Waals surface area contributed by atoms with Crippen molar-refractivity contribution in [3.05, 3.63) is 48.2 Å². The van der Waals surface area contributed by atoms with Crippen LogP contribution in [-0.4, -0.2) is 25.2 Å². The van der Waals surface area contributed by atoms with Crippen LogP contribution in [0.2, 0.25) is 0 Å². The van der Waals surface area contributed by atoms with E-state index < -0.39 is 0 Å². The van der Waals surface area contributed by atoms with Crippen LogP contribution in [-0.2, 0) is 6.54 Å². The van der Waals surface area contributed by atoms with E-state index in [1.165, 1.54) is 5.69 Å². The molecule has 0 unspecified atom stereocenters. The van der Waals surface area contributed by atoms with Gasteiger partial charge >= 0.3 is 0 Å². The lowest BCUT2D eigenvalue weighted by Crippen LogP contribution is -2.21.